The third-order valence-corrected chi connectivity index (χ3v) is 4.56. The van der Waals surface area contributed by atoms with E-state index in [9.17, 15) is 0 Å². The second-order valence-electron chi connectivity index (χ2n) is 4.81. The number of hydrogen-bond donors (Lipinski definition) is 1. The molecule has 0 spiro atoms. The van der Waals surface area contributed by atoms with E-state index < -0.39 is 0 Å². The first-order valence-corrected chi connectivity index (χ1v) is 8.03. The molecule has 1 nitrogen and oxygen atoms in total. The molecule has 1 atom stereocenters. The molecule has 0 aliphatic rings. The van der Waals surface area contributed by atoms with Gasteiger partial charge in [-0.3, -0.25) is 0 Å². The minimum Gasteiger partial charge on any atom is -0.324 e. The van der Waals surface area contributed by atoms with Crippen LogP contribution in [0.3, 0.4) is 0 Å². The van der Waals surface area contributed by atoms with Crippen LogP contribution < -0.4 is 5.73 Å². The zero-order valence-corrected chi connectivity index (χ0v) is 13.4. The second kappa shape index (κ2) is 8.95. The van der Waals surface area contributed by atoms with Crippen LogP contribution in [0.2, 0.25) is 5.02 Å². The van der Waals surface area contributed by atoms with Crippen LogP contribution in [0.25, 0.3) is 0 Å². The van der Waals surface area contributed by atoms with Gasteiger partial charge in [-0.05, 0) is 34.0 Å². The average molecular weight is 333 g/mol. The molecule has 1 rings (SSSR count). The Morgan fingerprint density at radius 2 is 1.83 bits per heavy atom. The van der Waals surface area contributed by atoms with Gasteiger partial charge in [0.25, 0.3) is 0 Å². The number of halogens is 2. The molecule has 3 heteroatoms. The van der Waals surface area contributed by atoms with Crippen molar-refractivity contribution in [3.8, 4) is 0 Å². The molecule has 0 amide bonds. The highest BCUT2D eigenvalue weighted by molar-refractivity contribution is 9.10. The monoisotopic (exact) mass is 331 g/mol. The molecular formula is C15H23BrClN. The van der Waals surface area contributed by atoms with E-state index >= 15 is 0 Å². The summed E-state index contributed by atoms with van der Waals surface area (Å²) in [6.45, 7) is 2.24. The van der Waals surface area contributed by atoms with E-state index in [1.165, 1.54) is 38.5 Å². The molecule has 0 heterocycles. The molecule has 1 aromatic rings. The molecular weight excluding hydrogens is 310 g/mol. The van der Waals surface area contributed by atoms with E-state index in [1.54, 1.807) is 0 Å². The molecule has 102 valence electrons. The van der Waals surface area contributed by atoms with Gasteiger partial charge >= 0.3 is 0 Å². The molecule has 0 fully saturated rings. The van der Waals surface area contributed by atoms with Crippen molar-refractivity contribution in [1.82, 2.24) is 0 Å². The van der Waals surface area contributed by atoms with Gasteiger partial charge in [-0.1, -0.05) is 69.2 Å². The van der Waals surface area contributed by atoms with E-state index in [-0.39, 0.29) is 6.04 Å². The molecule has 1 aromatic carbocycles. The molecule has 2 N–H and O–H groups in total. The first-order chi connectivity index (χ1) is 8.66. The van der Waals surface area contributed by atoms with Gasteiger partial charge in [0.05, 0.1) is 5.02 Å². The van der Waals surface area contributed by atoms with Crippen LogP contribution in [-0.4, -0.2) is 0 Å². The van der Waals surface area contributed by atoms with Crippen molar-refractivity contribution in [2.24, 2.45) is 5.73 Å². The highest BCUT2D eigenvalue weighted by Crippen LogP contribution is 2.31. The topological polar surface area (TPSA) is 26.0 Å². The van der Waals surface area contributed by atoms with Gasteiger partial charge in [-0.2, -0.15) is 0 Å². The summed E-state index contributed by atoms with van der Waals surface area (Å²) in [7, 11) is 0. The predicted octanol–water partition coefficient (Wildman–Crippen LogP) is 5.85. The van der Waals surface area contributed by atoms with Crippen molar-refractivity contribution in [3.05, 3.63) is 33.3 Å². The van der Waals surface area contributed by atoms with Gasteiger partial charge in [0.2, 0.25) is 0 Å². The maximum absolute atomic E-state index is 6.24. The number of benzene rings is 1. The van der Waals surface area contributed by atoms with Crippen molar-refractivity contribution in [3.63, 3.8) is 0 Å². The van der Waals surface area contributed by atoms with E-state index in [0.29, 0.717) is 0 Å². The normalized spacial score (nSPS) is 12.7. The fourth-order valence-electron chi connectivity index (χ4n) is 2.11. The van der Waals surface area contributed by atoms with Crippen LogP contribution in [0.4, 0.5) is 0 Å². The van der Waals surface area contributed by atoms with Crippen LogP contribution in [0.5, 0.6) is 0 Å². The summed E-state index contributed by atoms with van der Waals surface area (Å²) < 4.78 is 0.931. The van der Waals surface area contributed by atoms with Gasteiger partial charge in [-0.15, -0.1) is 0 Å². The Kier molecular flexibility index (Phi) is 7.96. The number of rotatable bonds is 8. The minimum absolute atomic E-state index is 0.0566. The Morgan fingerprint density at radius 3 is 2.56 bits per heavy atom. The zero-order chi connectivity index (χ0) is 13.4. The van der Waals surface area contributed by atoms with Gasteiger partial charge < -0.3 is 5.73 Å². The lowest BCUT2D eigenvalue weighted by Gasteiger charge is -2.14. The summed E-state index contributed by atoms with van der Waals surface area (Å²) >= 11 is 9.68. The fraction of sp³-hybridized carbons (Fsp3) is 0.600. The SMILES string of the molecule is CCCCCCCCC(N)c1cccc(Br)c1Cl. The van der Waals surface area contributed by atoms with Crippen LogP contribution >= 0.6 is 27.5 Å². The summed E-state index contributed by atoms with van der Waals surface area (Å²) in [4.78, 5) is 0. The van der Waals surface area contributed by atoms with Gasteiger partial charge in [0.15, 0.2) is 0 Å². The Morgan fingerprint density at radius 1 is 1.17 bits per heavy atom. The number of unbranched alkanes of at least 4 members (excludes halogenated alkanes) is 5. The Bertz CT molecular complexity index is 354. The Hall–Kier alpha value is -0.0500. The van der Waals surface area contributed by atoms with E-state index in [1.807, 2.05) is 18.2 Å². The second-order valence-corrected chi connectivity index (χ2v) is 6.04. The first kappa shape index (κ1) is 16.0. The smallest absolute Gasteiger partial charge is 0.0595 e. The summed E-state index contributed by atoms with van der Waals surface area (Å²) in [5.41, 5.74) is 7.26. The summed E-state index contributed by atoms with van der Waals surface area (Å²) in [5, 5.41) is 0.760. The van der Waals surface area contributed by atoms with Crippen molar-refractivity contribution < 1.29 is 0 Å². The molecule has 1 unspecified atom stereocenters. The lowest BCUT2D eigenvalue weighted by atomic mass is 10.0. The van der Waals surface area contributed by atoms with Crippen LogP contribution in [0.15, 0.2) is 22.7 Å². The largest absolute Gasteiger partial charge is 0.324 e. The molecule has 0 aromatic heterocycles. The van der Waals surface area contributed by atoms with Gasteiger partial charge in [-0.25, -0.2) is 0 Å². The first-order valence-electron chi connectivity index (χ1n) is 6.86. The third kappa shape index (κ3) is 5.29. The quantitative estimate of drug-likeness (QED) is 0.593. The van der Waals surface area contributed by atoms with E-state index in [0.717, 1.165) is 21.5 Å². The summed E-state index contributed by atoms with van der Waals surface area (Å²) in [5.74, 6) is 0. The highest BCUT2D eigenvalue weighted by atomic mass is 79.9. The third-order valence-electron chi connectivity index (χ3n) is 3.25. The van der Waals surface area contributed by atoms with Crippen molar-refractivity contribution in [2.75, 3.05) is 0 Å². The highest BCUT2D eigenvalue weighted by Gasteiger charge is 2.11. The van der Waals surface area contributed by atoms with Crippen LogP contribution in [0.1, 0.15) is 63.5 Å². The van der Waals surface area contributed by atoms with Crippen LogP contribution in [0, 0.1) is 0 Å². The molecule has 0 saturated carbocycles. The van der Waals surface area contributed by atoms with Crippen molar-refractivity contribution in [2.45, 2.75) is 57.9 Å². The minimum atomic E-state index is 0.0566. The number of hydrogen-bond acceptors (Lipinski definition) is 1. The van der Waals surface area contributed by atoms with Crippen molar-refractivity contribution >= 4 is 27.5 Å². The predicted molar refractivity (Wildman–Crippen MR) is 84.1 cm³/mol. The molecule has 18 heavy (non-hydrogen) atoms. The lowest BCUT2D eigenvalue weighted by molar-refractivity contribution is 0.547. The lowest BCUT2D eigenvalue weighted by Crippen LogP contribution is -2.10. The molecule has 0 aliphatic heterocycles. The van der Waals surface area contributed by atoms with Gasteiger partial charge in [0, 0.05) is 10.5 Å². The number of nitrogens with two attached hydrogens (primary N) is 1. The maximum atomic E-state index is 6.24. The van der Waals surface area contributed by atoms with Gasteiger partial charge in [0.1, 0.15) is 0 Å². The van der Waals surface area contributed by atoms with E-state index in [4.69, 9.17) is 17.3 Å². The van der Waals surface area contributed by atoms with Crippen molar-refractivity contribution in [1.29, 1.82) is 0 Å². The van der Waals surface area contributed by atoms with Crippen LogP contribution in [-0.2, 0) is 0 Å². The van der Waals surface area contributed by atoms with E-state index in [2.05, 4.69) is 22.9 Å². The Balaban J connectivity index is 2.32. The molecule has 0 saturated heterocycles. The average Bonchev–Trinajstić information content (AvgIpc) is 2.36. The molecule has 0 bridgehead atoms. The standard InChI is InChI=1S/C15H23BrClN/c1-2-3-4-5-6-7-11-14(18)12-9-8-10-13(16)15(12)17/h8-10,14H,2-7,11,18H2,1H3. The molecule has 0 aliphatic carbocycles. The zero-order valence-electron chi connectivity index (χ0n) is 11.1. The summed E-state index contributed by atoms with van der Waals surface area (Å²) in [6, 6.07) is 6.02. The molecule has 0 radical (unpaired) electrons. The Labute approximate surface area is 124 Å². The maximum Gasteiger partial charge on any atom is 0.0595 e. The fourth-order valence-corrected chi connectivity index (χ4v) is 2.75. The summed E-state index contributed by atoms with van der Waals surface area (Å²) in [6.07, 6.45) is 8.81.